The molecule has 1 aliphatic carbocycles. The smallest absolute Gasteiger partial charge is 0.404 e. The molecule has 0 aromatic heterocycles. The predicted molar refractivity (Wildman–Crippen MR) is 96.0 cm³/mol. The number of carbonyl (C=O) groups excluding carboxylic acids is 1. The maximum absolute atomic E-state index is 12.8. The van der Waals surface area contributed by atoms with Gasteiger partial charge in [-0.25, -0.2) is 9.18 Å². The van der Waals surface area contributed by atoms with E-state index in [4.69, 9.17) is 9.84 Å². The summed E-state index contributed by atoms with van der Waals surface area (Å²) in [6, 6.07) is 7.28. The first-order valence-corrected chi connectivity index (χ1v) is 8.72. The second-order valence-electron chi connectivity index (χ2n) is 6.46. The van der Waals surface area contributed by atoms with E-state index < -0.39 is 11.5 Å². The normalized spacial score (nSPS) is 16.6. The van der Waals surface area contributed by atoms with Crippen LogP contribution in [0.5, 0.6) is 5.75 Å². The fraction of sp³-hybridized carbons (Fsp3) is 0.474. The van der Waals surface area contributed by atoms with Gasteiger partial charge in [0.2, 0.25) is 5.91 Å². The third kappa shape index (κ3) is 4.74. The van der Waals surface area contributed by atoms with Crippen LogP contribution in [0.15, 0.2) is 36.2 Å². The number of hydrogen-bond acceptors (Lipinski definition) is 3. The maximum atomic E-state index is 12.8. The van der Waals surface area contributed by atoms with Crippen molar-refractivity contribution in [1.29, 1.82) is 0 Å². The molecule has 0 spiro atoms. The van der Waals surface area contributed by atoms with Crippen LogP contribution in [-0.2, 0) is 10.2 Å². The summed E-state index contributed by atoms with van der Waals surface area (Å²) in [5, 5.41) is 13.4. The van der Waals surface area contributed by atoms with Gasteiger partial charge in [0.1, 0.15) is 12.4 Å². The van der Waals surface area contributed by atoms with Gasteiger partial charge in [-0.1, -0.05) is 31.4 Å². The van der Waals surface area contributed by atoms with Crippen LogP contribution >= 0.6 is 0 Å². The van der Waals surface area contributed by atoms with Crippen LogP contribution in [0.25, 0.3) is 0 Å². The Labute approximate surface area is 152 Å². The first kappa shape index (κ1) is 19.8. The van der Waals surface area contributed by atoms with Gasteiger partial charge in [-0.15, -0.1) is 0 Å². The van der Waals surface area contributed by atoms with Gasteiger partial charge in [-0.05, 0) is 30.5 Å². The van der Waals surface area contributed by atoms with E-state index in [-0.39, 0.29) is 24.6 Å². The number of amides is 2. The molecule has 1 aromatic carbocycles. The lowest BCUT2D eigenvalue weighted by Gasteiger charge is -2.36. The lowest BCUT2D eigenvalue weighted by atomic mass is 9.69. The Balaban J connectivity index is 2.04. The van der Waals surface area contributed by atoms with Gasteiger partial charge < -0.3 is 20.5 Å². The maximum Gasteiger partial charge on any atom is 0.404 e. The Bertz CT molecular complexity index is 652. The number of benzene rings is 1. The molecule has 142 valence electrons. The Kier molecular flexibility index (Phi) is 7.00. The molecule has 0 bridgehead atoms. The van der Waals surface area contributed by atoms with Crippen molar-refractivity contribution in [2.45, 2.75) is 37.5 Å². The van der Waals surface area contributed by atoms with Crippen molar-refractivity contribution < 1.29 is 23.8 Å². The minimum absolute atomic E-state index is 0.0354. The number of halogens is 1. The van der Waals surface area contributed by atoms with Crippen molar-refractivity contribution in [3.63, 3.8) is 0 Å². The van der Waals surface area contributed by atoms with Gasteiger partial charge in [-0.3, -0.25) is 4.79 Å². The average Bonchev–Trinajstić information content (AvgIpc) is 2.68. The number of ether oxygens (including phenoxy) is 1. The molecule has 1 saturated carbocycles. The Morgan fingerprint density at radius 3 is 2.42 bits per heavy atom. The third-order valence-electron chi connectivity index (χ3n) is 4.82. The third-order valence-corrected chi connectivity index (χ3v) is 4.82. The highest BCUT2D eigenvalue weighted by Crippen LogP contribution is 2.40. The molecule has 0 saturated heterocycles. The van der Waals surface area contributed by atoms with Crippen molar-refractivity contribution >= 4 is 12.0 Å². The van der Waals surface area contributed by atoms with Crippen molar-refractivity contribution in [3.05, 3.63) is 41.7 Å². The number of carbonyl (C=O) groups is 2. The number of rotatable bonds is 7. The zero-order chi connectivity index (χ0) is 19.0. The molecular formula is C19H25FN2O4. The van der Waals surface area contributed by atoms with Gasteiger partial charge in [0.05, 0.1) is 11.7 Å². The summed E-state index contributed by atoms with van der Waals surface area (Å²) in [5.74, 6) is 0.569. The van der Waals surface area contributed by atoms with Crippen LogP contribution < -0.4 is 15.4 Å². The minimum atomic E-state index is -1.22. The zero-order valence-electron chi connectivity index (χ0n) is 14.9. The Hall–Kier alpha value is -2.57. The first-order valence-electron chi connectivity index (χ1n) is 8.72. The molecule has 2 amide bonds. The van der Waals surface area contributed by atoms with E-state index in [1.165, 1.54) is 0 Å². The van der Waals surface area contributed by atoms with Crippen LogP contribution in [0.2, 0.25) is 0 Å². The van der Waals surface area contributed by atoms with E-state index in [1.54, 1.807) is 19.2 Å². The van der Waals surface area contributed by atoms with Crippen LogP contribution in [0, 0.1) is 0 Å². The van der Waals surface area contributed by atoms with Crippen molar-refractivity contribution in [2.75, 3.05) is 20.2 Å². The monoisotopic (exact) mass is 364 g/mol. The van der Waals surface area contributed by atoms with Gasteiger partial charge >= 0.3 is 6.09 Å². The molecule has 2 rings (SSSR count). The highest BCUT2D eigenvalue weighted by molar-refractivity contribution is 5.88. The summed E-state index contributed by atoms with van der Waals surface area (Å²) >= 11 is 0. The zero-order valence-corrected chi connectivity index (χ0v) is 14.9. The molecule has 0 aliphatic heterocycles. The van der Waals surface area contributed by atoms with E-state index in [2.05, 4.69) is 10.6 Å². The van der Waals surface area contributed by atoms with E-state index in [0.717, 1.165) is 37.7 Å². The fourth-order valence-corrected chi connectivity index (χ4v) is 3.40. The standard InChI is InChI=1S/C19H25FN2O4/c1-21-17(23)19(9-3-2-4-10-19)15-5-7-16(8-6-15)26-13-14(11-20)12-22-18(24)25/h5-8,11,22H,2-4,9-10,12-13H2,1H3,(H,21,23)(H,24,25)/b14-11-. The minimum Gasteiger partial charge on any atom is -0.489 e. The van der Waals surface area contributed by atoms with Gasteiger partial charge in [0.25, 0.3) is 0 Å². The topological polar surface area (TPSA) is 87.7 Å². The van der Waals surface area contributed by atoms with Crippen molar-refractivity contribution in [3.8, 4) is 5.75 Å². The number of hydrogen-bond donors (Lipinski definition) is 3. The summed E-state index contributed by atoms with van der Waals surface area (Å²) < 4.78 is 18.3. The Morgan fingerprint density at radius 2 is 1.88 bits per heavy atom. The van der Waals surface area contributed by atoms with E-state index in [0.29, 0.717) is 12.1 Å². The van der Waals surface area contributed by atoms with Gasteiger partial charge in [0.15, 0.2) is 0 Å². The molecule has 0 radical (unpaired) electrons. The molecule has 1 fully saturated rings. The summed E-state index contributed by atoms with van der Waals surface area (Å²) in [5.41, 5.74) is 0.643. The largest absolute Gasteiger partial charge is 0.489 e. The number of carboxylic acid groups (broad SMARTS) is 1. The van der Waals surface area contributed by atoms with Crippen LogP contribution in [0.3, 0.4) is 0 Å². The van der Waals surface area contributed by atoms with Crippen molar-refractivity contribution in [1.82, 2.24) is 10.6 Å². The Morgan fingerprint density at radius 1 is 1.23 bits per heavy atom. The van der Waals surface area contributed by atoms with E-state index in [9.17, 15) is 14.0 Å². The molecule has 0 unspecified atom stereocenters. The van der Waals surface area contributed by atoms with E-state index in [1.807, 2.05) is 12.1 Å². The highest BCUT2D eigenvalue weighted by atomic mass is 19.1. The second kappa shape index (κ2) is 9.22. The molecule has 26 heavy (non-hydrogen) atoms. The second-order valence-corrected chi connectivity index (χ2v) is 6.46. The molecule has 3 N–H and O–H groups in total. The number of nitrogens with one attached hydrogen (secondary N) is 2. The van der Waals surface area contributed by atoms with Gasteiger partial charge in [0, 0.05) is 19.2 Å². The molecule has 0 heterocycles. The average molecular weight is 364 g/mol. The SMILES string of the molecule is CNC(=O)C1(c2ccc(OC/C(=C\F)CNC(=O)O)cc2)CCCCC1. The van der Waals surface area contributed by atoms with Crippen LogP contribution in [0.4, 0.5) is 9.18 Å². The summed E-state index contributed by atoms with van der Waals surface area (Å²) in [4.78, 5) is 23.0. The quantitative estimate of drug-likeness (QED) is 0.694. The molecular weight excluding hydrogens is 339 g/mol. The van der Waals surface area contributed by atoms with Gasteiger partial charge in [-0.2, -0.15) is 0 Å². The summed E-state index contributed by atoms with van der Waals surface area (Å²) in [6.07, 6.45) is 3.95. The summed E-state index contributed by atoms with van der Waals surface area (Å²) in [6.45, 7) is -0.194. The number of likely N-dealkylation sites (N-methyl/N-ethyl adjacent to an activating group) is 1. The van der Waals surface area contributed by atoms with E-state index >= 15 is 0 Å². The molecule has 1 aliphatic rings. The lowest BCUT2D eigenvalue weighted by molar-refractivity contribution is -0.127. The molecule has 0 atom stereocenters. The highest BCUT2D eigenvalue weighted by Gasteiger charge is 2.40. The van der Waals surface area contributed by atoms with Crippen LogP contribution in [0.1, 0.15) is 37.7 Å². The first-order chi connectivity index (χ1) is 12.5. The molecule has 6 nitrogen and oxygen atoms in total. The molecule has 7 heteroatoms. The van der Waals surface area contributed by atoms with Crippen LogP contribution in [-0.4, -0.2) is 37.3 Å². The fourth-order valence-electron chi connectivity index (χ4n) is 3.40. The molecule has 1 aromatic rings. The summed E-state index contributed by atoms with van der Waals surface area (Å²) in [7, 11) is 1.66. The predicted octanol–water partition coefficient (Wildman–Crippen LogP) is 3.13. The lowest BCUT2D eigenvalue weighted by Crippen LogP contribution is -2.44. The van der Waals surface area contributed by atoms with Crippen molar-refractivity contribution in [2.24, 2.45) is 0 Å².